The van der Waals surface area contributed by atoms with E-state index in [0.717, 1.165) is 17.8 Å². The molecule has 2 atom stereocenters. The van der Waals surface area contributed by atoms with Crippen LogP contribution in [0, 0.1) is 17.8 Å². The molecule has 0 spiro atoms. The third kappa shape index (κ3) is 1.62. The molecule has 0 radical (unpaired) electrons. The van der Waals surface area contributed by atoms with Crippen molar-refractivity contribution in [1.29, 1.82) is 0 Å². The van der Waals surface area contributed by atoms with Gasteiger partial charge in [-0.15, -0.1) is 6.58 Å². The van der Waals surface area contributed by atoms with E-state index in [4.69, 9.17) is 0 Å². The molecule has 1 rings (SSSR count). The van der Waals surface area contributed by atoms with Crippen molar-refractivity contribution in [2.45, 2.75) is 33.1 Å². The average molecular weight is 138 g/mol. The Morgan fingerprint density at radius 2 is 2.10 bits per heavy atom. The maximum atomic E-state index is 3.84. The Morgan fingerprint density at radius 3 is 2.40 bits per heavy atom. The van der Waals surface area contributed by atoms with Gasteiger partial charge < -0.3 is 0 Å². The van der Waals surface area contributed by atoms with Gasteiger partial charge in [0.05, 0.1) is 0 Å². The first kappa shape index (κ1) is 7.84. The predicted molar refractivity (Wildman–Crippen MR) is 45.9 cm³/mol. The minimum Gasteiger partial charge on any atom is -0.103 e. The fourth-order valence-corrected chi connectivity index (χ4v) is 1.87. The molecule has 10 heavy (non-hydrogen) atoms. The zero-order valence-corrected chi connectivity index (χ0v) is 7.14. The van der Waals surface area contributed by atoms with Gasteiger partial charge in [0.1, 0.15) is 0 Å². The summed E-state index contributed by atoms with van der Waals surface area (Å²) in [7, 11) is 0. The third-order valence-electron chi connectivity index (χ3n) is 2.79. The molecule has 1 aliphatic rings. The lowest BCUT2D eigenvalue weighted by Crippen LogP contribution is -2.03. The van der Waals surface area contributed by atoms with Gasteiger partial charge in [0.15, 0.2) is 0 Å². The second-order valence-electron chi connectivity index (χ2n) is 3.81. The highest BCUT2D eigenvalue weighted by Crippen LogP contribution is 2.35. The second-order valence-corrected chi connectivity index (χ2v) is 3.81. The summed E-state index contributed by atoms with van der Waals surface area (Å²) in [6, 6.07) is 0. The Labute approximate surface area is 64.3 Å². The van der Waals surface area contributed by atoms with Crippen molar-refractivity contribution in [3.63, 3.8) is 0 Å². The Balaban J connectivity index is 2.35. The first-order valence-corrected chi connectivity index (χ1v) is 4.36. The zero-order valence-electron chi connectivity index (χ0n) is 7.14. The van der Waals surface area contributed by atoms with Crippen LogP contribution in [0.3, 0.4) is 0 Å². The molecule has 0 amide bonds. The van der Waals surface area contributed by atoms with E-state index in [2.05, 4.69) is 26.5 Å². The summed E-state index contributed by atoms with van der Waals surface area (Å²) in [6.45, 7) is 8.50. The van der Waals surface area contributed by atoms with Crippen LogP contribution in [0.5, 0.6) is 0 Å². The van der Waals surface area contributed by atoms with Gasteiger partial charge in [0.2, 0.25) is 0 Å². The first-order chi connectivity index (χ1) is 4.74. The molecule has 1 fully saturated rings. The highest BCUT2D eigenvalue weighted by molar-refractivity contribution is 4.87. The summed E-state index contributed by atoms with van der Waals surface area (Å²) in [6.07, 6.45) is 6.32. The van der Waals surface area contributed by atoms with Gasteiger partial charge in [-0.25, -0.2) is 0 Å². The van der Waals surface area contributed by atoms with E-state index in [1.54, 1.807) is 0 Å². The number of rotatable bonds is 2. The van der Waals surface area contributed by atoms with E-state index in [1.165, 1.54) is 19.3 Å². The maximum absolute atomic E-state index is 3.84. The standard InChI is InChI=1S/C10H18/c1-4-9-5-6-10(7-9)8(2)3/h4,8-10H,1,5-7H2,2-3H3. The maximum Gasteiger partial charge on any atom is -0.0233 e. The molecule has 0 aromatic heterocycles. The van der Waals surface area contributed by atoms with Gasteiger partial charge in [-0.1, -0.05) is 19.9 Å². The zero-order chi connectivity index (χ0) is 7.56. The van der Waals surface area contributed by atoms with Gasteiger partial charge in [-0.2, -0.15) is 0 Å². The van der Waals surface area contributed by atoms with E-state index in [1.807, 2.05) is 0 Å². The van der Waals surface area contributed by atoms with Crippen LogP contribution >= 0.6 is 0 Å². The molecule has 0 heterocycles. The summed E-state index contributed by atoms with van der Waals surface area (Å²) < 4.78 is 0. The Bertz CT molecular complexity index is 113. The molecule has 0 aromatic carbocycles. The molecule has 58 valence electrons. The summed E-state index contributed by atoms with van der Waals surface area (Å²) in [5.41, 5.74) is 0. The van der Waals surface area contributed by atoms with Crippen LogP contribution in [-0.2, 0) is 0 Å². The lowest BCUT2D eigenvalue weighted by atomic mass is 9.93. The van der Waals surface area contributed by atoms with Crippen molar-refractivity contribution in [3.8, 4) is 0 Å². The molecule has 0 aliphatic heterocycles. The fourth-order valence-electron chi connectivity index (χ4n) is 1.87. The second kappa shape index (κ2) is 3.23. The molecule has 0 N–H and O–H groups in total. The molecule has 2 unspecified atom stereocenters. The third-order valence-corrected chi connectivity index (χ3v) is 2.79. The molecule has 1 aliphatic carbocycles. The highest BCUT2D eigenvalue weighted by atomic mass is 14.3. The smallest absolute Gasteiger partial charge is 0.0233 e. The van der Waals surface area contributed by atoms with Crippen LogP contribution in [-0.4, -0.2) is 0 Å². The van der Waals surface area contributed by atoms with E-state index in [0.29, 0.717) is 0 Å². The molecule has 1 saturated carbocycles. The largest absolute Gasteiger partial charge is 0.103 e. The Morgan fingerprint density at radius 1 is 1.40 bits per heavy atom. The summed E-state index contributed by atoms with van der Waals surface area (Å²) >= 11 is 0. The average Bonchev–Trinajstić information content (AvgIpc) is 2.34. The predicted octanol–water partition coefficient (Wildman–Crippen LogP) is 3.24. The molecular weight excluding hydrogens is 120 g/mol. The van der Waals surface area contributed by atoms with Crippen LogP contribution in [0.1, 0.15) is 33.1 Å². The number of allylic oxidation sites excluding steroid dienone is 1. The van der Waals surface area contributed by atoms with Crippen molar-refractivity contribution < 1.29 is 0 Å². The van der Waals surface area contributed by atoms with Crippen molar-refractivity contribution in [3.05, 3.63) is 12.7 Å². The fraction of sp³-hybridized carbons (Fsp3) is 0.800. The number of hydrogen-bond donors (Lipinski definition) is 0. The minimum atomic E-state index is 0.826. The van der Waals surface area contributed by atoms with Gasteiger partial charge in [0.25, 0.3) is 0 Å². The van der Waals surface area contributed by atoms with Crippen molar-refractivity contribution in [1.82, 2.24) is 0 Å². The van der Waals surface area contributed by atoms with Gasteiger partial charge in [-0.3, -0.25) is 0 Å². The quantitative estimate of drug-likeness (QED) is 0.514. The SMILES string of the molecule is C=CC1CCC(C(C)C)C1. The van der Waals surface area contributed by atoms with E-state index >= 15 is 0 Å². The van der Waals surface area contributed by atoms with Crippen LogP contribution in [0.25, 0.3) is 0 Å². The lowest BCUT2D eigenvalue weighted by Gasteiger charge is -2.12. The normalized spacial score (nSPS) is 33.1. The van der Waals surface area contributed by atoms with Crippen LogP contribution < -0.4 is 0 Å². The van der Waals surface area contributed by atoms with E-state index < -0.39 is 0 Å². The van der Waals surface area contributed by atoms with Gasteiger partial charge in [-0.05, 0) is 37.0 Å². The van der Waals surface area contributed by atoms with Gasteiger partial charge >= 0.3 is 0 Å². The van der Waals surface area contributed by atoms with Crippen molar-refractivity contribution >= 4 is 0 Å². The minimum absolute atomic E-state index is 0.826. The van der Waals surface area contributed by atoms with Crippen LogP contribution in [0.15, 0.2) is 12.7 Å². The monoisotopic (exact) mass is 138 g/mol. The topological polar surface area (TPSA) is 0 Å². The Kier molecular flexibility index (Phi) is 2.53. The molecule has 0 aromatic rings. The molecular formula is C10H18. The first-order valence-electron chi connectivity index (χ1n) is 4.36. The summed E-state index contributed by atoms with van der Waals surface area (Å²) in [5.74, 6) is 2.68. The summed E-state index contributed by atoms with van der Waals surface area (Å²) in [5, 5.41) is 0. The molecule has 0 nitrogen and oxygen atoms in total. The van der Waals surface area contributed by atoms with E-state index in [-0.39, 0.29) is 0 Å². The van der Waals surface area contributed by atoms with E-state index in [9.17, 15) is 0 Å². The summed E-state index contributed by atoms with van der Waals surface area (Å²) in [4.78, 5) is 0. The van der Waals surface area contributed by atoms with Gasteiger partial charge in [0, 0.05) is 0 Å². The molecule has 0 saturated heterocycles. The Hall–Kier alpha value is -0.260. The lowest BCUT2D eigenvalue weighted by molar-refractivity contribution is 0.389. The highest BCUT2D eigenvalue weighted by Gasteiger charge is 2.24. The molecule has 0 bridgehead atoms. The van der Waals surface area contributed by atoms with Crippen LogP contribution in [0.4, 0.5) is 0 Å². The molecule has 0 heteroatoms. The van der Waals surface area contributed by atoms with Crippen molar-refractivity contribution in [2.75, 3.05) is 0 Å². The number of hydrogen-bond acceptors (Lipinski definition) is 0. The van der Waals surface area contributed by atoms with Crippen LogP contribution in [0.2, 0.25) is 0 Å². The van der Waals surface area contributed by atoms with Crippen molar-refractivity contribution in [2.24, 2.45) is 17.8 Å².